The standard InChI is InChI=1S/C20H33N3O3/c1-19(2,3)26-16-9-14(20(16,4)5)11-21-18(24)15-7-8-25-17(15)13-10-22-23(6)12-13/h10,12,14-17H,7-9,11H2,1-6H3,(H,21,24)/t14?,15-,16?,17+/m1/s1. The van der Waals surface area contributed by atoms with E-state index in [2.05, 4.69) is 45.0 Å². The molecular weight excluding hydrogens is 330 g/mol. The molecule has 0 aromatic carbocycles. The van der Waals surface area contributed by atoms with Crippen LogP contribution in [-0.4, -0.2) is 40.5 Å². The zero-order valence-corrected chi connectivity index (χ0v) is 16.9. The van der Waals surface area contributed by atoms with Crippen LogP contribution in [0.25, 0.3) is 0 Å². The van der Waals surface area contributed by atoms with Gasteiger partial charge in [-0.3, -0.25) is 9.48 Å². The largest absolute Gasteiger partial charge is 0.373 e. The molecule has 1 aromatic heterocycles. The van der Waals surface area contributed by atoms with Crippen LogP contribution in [0.3, 0.4) is 0 Å². The predicted molar refractivity (Wildman–Crippen MR) is 99.5 cm³/mol. The SMILES string of the molecule is Cn1cc([C@@H]2OCC[C@H]2C(=O)NCC2CC(OC(C)(C)C)C2(C)C)cn1. The summed E-state index contributed by atoms with van der Waals surface area (Å²) < 4.78 is 13.7. The van der Waals surface area contributed by atoms with Crippen LogP contribution in [0.5, 0.6) is 0 Å². The maximum Gasteiger partial charge on any atom is 0.226 e. The molecule has 1 saturated carbocycles. The summed E-state index contributed by atoms with van der Waals surface area (Å²) in [6, 6.07) is 0. The Morgan fingerprint density at radius 3 is 2.77 bits per heavy atom. The fraction of sp³-hybridized carbons (Fsp3) is 0.800. The Morgan fingerprint density at radius 2 is 2.19 bits per heavy atom. The Balaban J connectivity index is 1.53. The van der Waals surface area contributed by atoms with E-state index >= 15 is 0 Å². The Hall–Kier alpha value is -1.40. The summed E-state index contributed by atoms with van der Waals surface area (Å²) >= 11 is 0. The summed E-state index contributed by atoms with van der Waals surface area (Å²) in [6.07, 6.45) is 5.55. The molecule has 2 fully saturated rings. The second-order valence-corrected chi connectivity index (χ2v) is 9.35. The lowest BCUT2D eigenvalue weighted by molar-refractivity contribution is -0.188. The molecule has 1 amide bonds. The number of aromatic nitrogens is 2. The number of ether oxygens (including phenoxy) is 2. The molecule has 2 aliphatic rings. The topological polar surface area (TPSA) is 65.4 Å². The molecule has 0 radical (unpaired) electrons. The van der Waals surface area contributed by atoms with Gasteiger partial charge in [0.05, 0.1) is 29.9 Å². The number of hydrogen-bond acceptors (Lipinski definition) is 4. The van der Waals surface area contributed by atoms with Crippen LogP contribution in [-0.2, 0) is 21.3 Å². The lowest BCUT2D eigenvalue weighted by Gasteiger charge is -2.53. The number of nitrogens with one attached hydrogen (secondary N) is 1. The van der Waals surface area contributed by atoms with Crippen LogP contribution in [0.15, 0.2) is 12.4 Å². The van der Waals surface area contributed by atoms with Gasteiger partial charge in [0.1, 0.15) is 0 Å². The molecule has 2 unspecified atom stereocenters. The number of aryl methyl sites for hydroxylation is 1. The molecule has 2 heterocycles. The van der Waals surface area contributed by atoms with E-state index in [1.165, 1.54) is 0 Å². The van der Waals surface area contributed by atoms with Crippen molar-refractivity contribution in [1.29, 1.82) is 0 Å². The van der Waals surface area contributed by atoms with Gasteiger partial charge in [-0.1, -0.05) is 13.8 Å². The third kappa shape index (κ3) is 3.96. The first-order valence-corrected chi connectivity index (χ1v) is 9.63. The quantitative estimate of drug-likeness (QED) is 0.874. The fourth-order valence-electron chi connectivity index (χ4n) is 4.07. The Labute approximate surface area is 156 Å². The first kappa shape index (κ1) is 19.4. The van der Waals surface area contributed by atoms with Crippen molar-refractivity contribution >= 4 is 5.91 Å². The van der Waals surface area contributed by atoms with Gasteiger partial charge in [-0.25, -0.2) is 0 Å². The molecule has 3 rings (SSSR count). The van der Waals surface area contributed by atoms with E-state index in [1.54, 1.807) is 10.9 Å². The van der Waals surface area contributed by atoms with E-state index in [0.29, 0.717) is 19.1 Å². The molecule has 26 heavy (non-hydrogen) atoms. The molecule has 1 N–H and O–H groups in total. The molecule has 1 aliphatic heterocycles. The van der Waals surface area contributed by atoms with Crippen LogP contribution in [0.1, 0.15) is 59.1 Å². The van der Waals surface area contributed by atoms with Gasteiger partial charge < -0.3 is 14.8 Å². The highest BCUT2D eigenvalue weighted by Gasteiger charge is 2.50. The number of carbonyl (C=O) groups is 1. The molecule has 6 heteroatoms. The molecule has 1 saturated heterocycles. The minimum Gasteiger partial charge on any atom is -0.373 e. The van der Waals surface area contributed by atoms with E-state index in [1.807, 2.05) is 13.2 Å². The van der Waals surface area contributed by atoms with Gasteiger partial charge in [0.25, 0.3) is 0 Å². The summed E-state index contributed by atoms with van der Waals surface area (Å²) in [5, 5.41) is 7.37. The monoisotopic (exact) mass is 363 g/mol. The third-order valence-corrected chi connectivity index (χ3v) is 5.88. The predicted octanol–water partition coefficient (Wildman–Crippen LogP) is 2.84. The lowest BCUT2D eigenvalue weighted by Crippen LogP contribution is -2.56. The third-order valence-electron chi connectivity index (χ3n) is 5.88. The number of rotatable bonds is 5. The van der Waals surface area contributed by atoms with Gasteiger partial charge in [-0.05, 0) is 44.9 Å². The minimum atomic E-state index is -0.185. The highest BCUT2D eigenvalue weighted by atomic mass is 16.5. The highest BCUT2D eigenvalue weighted by Crippen LogP contribution is 2.49. The Kier molecular flexibility index (Phi) is 5.19. The number of amides is 1. The van der Waals surface area contributed by atoms with Gasteiger partial charge in [-0.2, -0.15) is 5.10 Å². The van der Waals surface area contributed by atoms with Crippen molar-refractivity contribution in [1.82, 2.24) is 15.1 Å². The minimum absolute atomic E-state index is 0.0789. The van der Waals surface area contributed by atoms with Crippen molar-refractivity contribution in [2.45, 2.75) is 65.3 Å². The Bertz CT molecular complexity index is 647. The van der Waals surface area contributed by atoms with E-state index in [-0.39, 0.29) is 35.0 Å². The maximum absolute atomic E-state index is 12.8. The summed E-state index contributed by atoms with van der Waals surface area (Å²) in [6.45, 7) is 12.1. The van der Waals surface area contributed by atoms with E-state index in [0.717, 1.165) is 18.4 Å². The molecular formula is C20H33N3O3. The van der Waals surface area contributed by atoms with Crippen LogP contribution in [0.2, 0.25) is 0 Å². The van der Waals surface area contributed by atoms with E-state index in [4.69, 9.17) is 9.47 Å². The van der Waals surface area contributed by atoms with Crippen molar-refractivity contribution in [3.63, 3.8) is 0 Å². The van der Waals surface area contributed by atoms with Crippen molar-refractivity contribution in [3.05, 3.63) is 18.0 Å². The lowest BCUT2D eigenvalue weighted by atomic mass is 9.60. The van der Waals surface area contributed by atoms with Crippen molar-refractivity contribution in [2.24, 2.45) is 24.3 Å². The molecule has 1 aromatic rings. The van der Waals surface area contributed by atoms with Crippen LogP contribution in [0.4, 0.5) is 0 Å². The summed E-state index contributed by atoms with van der Waals surface area (Å²) in [5.74, 6) is 0.398. The number of hydrogen-bond donors (Lipinski definition) is 1. The Morgan fingerprint density at radius 1 is 1.46 bits per heavy atom. The smallest absolute Gasteiger partial charge is 0.226 e. The van der Waals surface area contributed by atoms with Gasteiger partial charge in [0, 0.05) is 32.0 Å². The second kappa shape index (κ2) is 6.97. The molecule has 0 bridgehead atoms. The fourth-order valence-corrected chi connectivity index (χ4v) is 4.07. The molecule has 0 spiro atoms. The summed E-state index contributed by atoms with van der Waals surface area (Å²) in [5.41, 5.74) is 0.928. The molecule has 1 aliphatic carbocycles. The van der Waals surface area contributed by atoms with E-state index < -0.39 is 0 Å². The van der Waals surface area contributed by atoms with Crippen molar-refractivity contribution in [2.75, 3.05) is 13.2 Å². The average molecular weight is 364 g/mol. The van der Waals surface area contributed by atoms with Crippen LogP contribution in [0, 0.1) is 17.3 Å². The highest BCUT2D eigenvalue weighted by molar-refractivity contribution is 5.79. The average Bonchev–Trinajstić information content (AvgIpc) is 3.17. The van der Waals surface area contributed by atoms with Gasteiger partial charge in [-0.15, -0.1) is 0 Å². The second-order valence-electron chi connectivity index (χ2n) is 9.35. The van der Waals surface area contributed by atoms with Crippen LogP contribution < -0.4 is 5.32 Å². The van der Waals surface area contributed by atoms with Gasteiger partial charge in [0.2, 0.25) is 5.91 Å². The molecule has 146 valence electrons. The van der Waals surface area contributed by atoms with Gasteiger partial charge >= 0.3 is 0 Å². The normalized spacial score (nSPS) is 30.8. The first-order chi connectivity index (χ1) is 12.1. The van der Waals surface area contributed by atoms with Crippen LogP contribution >= 0.6 is 0 Å². The van der Waals surface area contributed by atoms with Gasteiger partial charge in [0.15, 0.2) is 0 Å². The molecule has 6 nitrogen and oxygen atoms in total. The number of nitrogens with zero attached hydrogens (tertiary/aromatic N) is 2. The zero-order valence-electron chi connectivity index (χ0n) is 16.9. The zero-order chi connectivity index (χ0) is 19.1. The molecule has 4 atom stereocenters. The summed E-state index contributed by atoms with van der Waals surface area (Å²) in [7, 11) is 1.88. The maximum atomic E-state index is 12.8. The van der Waals surface area contributed by atoms with Crippen molar-refractivity contribution in [3.8, 4) is 0 Å². The van der Waals surface area contributed by atoms with Crippen molar-refractivity contribution < 1.29 is 14.3 Å². The first-order valence-electron chi connectivity index (χ1n) is 9.63. The van der Waals surface area contributed by atoms with E-state index in [9.17, 15) is 4.79 Å². The summed E-state index contributed by atoms with van der Waals surface area (Å²) in [4.78, 5) is 12.8. The number of carbonyl (C=O) groups excluding carboxylic acids is 1.